The van der Waals surface area contributed by atoms with E-state index in [1.54, 1.807) is 0 Å². The molecule has 0 heterocycles. The molecule has 0 fully saturated rings. The molecule has 26 valence electrons. The summed E-state index contributed by atoms with van der Waals surface area (Å²) in [5.74, 6) is 0. The fourth-order valence-corrected chi connectivity index (χ4v) is 0. The van der Waals surface area contributed by atoms with Gasteiger partial charge in [0, 0.05) is 0 Å². The molecule has 2 heteroatoms. The summed E-state index contributed by atoms with van der Waals surface area (Å²) in [5.41, 5.74) is 2.07. The summed E-state index contributed by atoms with van der Waals surface area (Å²) in [7, 11) is -1.60. The van der Waals surface area contributed by atoms with Gasteiger partial charge in [-0.1, -0.05) is 5.54 Å². The number of terminal acetylenes is 1. The lowest BCUT2D eigenvalue weighted by molar-refractivity contribution is 0.573. The highest BCUT2D eigenvalue weighted by Gasteiger charge is 1.76. The van der Waals surface area contributed by atoms with Crippen molar-refractivity contribution in [3.8, 4) is 12.0 Å². The Kier molecular flexibility index (Phi) is 1.70. The van der Waals surface area contributed by atoms with Gasteiger partial charge in [-0.2, -0.15) is 0 Å². The van der Waals surface area contributed by atoms with E-state index < -0.39 is 8.68 Å². The monoisotopic (exact) mass is 84.0 g/mol. The molecule has 0 saturated carbocycles. The minimum Gasteiger partial charge on any atom is -0.372 e. The van der Waals surface area contributed by atoms with Crippen molar-refractivity contribution in [2.45, 2.75) is 6.55 Å². The molecule has 0 N–H and O–H groups in total. The Balaban J connectivity index is 3.35. The first-order valence-corrected chi connectivity index (χ1v) is 3.15. The Hall–Kier alpha value is -0.423. The molecule has 5 heavy (non-hydrogen) atoms. The smallest absolute Gasteiger partial charge is 0.360 e. The Morgan fingerprint density at radius 3 is 2.20 bits per heavy atom. The fourth-order valence-electron chi connectivity index (χ4n) is 0. The highest BCUT2D eigenvalue weighted by atomic mass is 28.3. The summed E-state index contributed by atoms with van der Waals surface area (Å²) in [5, 5.41) is 0. The van der Waals surface area contributed by atoms with E-state index in [4.69, 9.17) is 0 Å². The lowest BCUT2D eigenvalue weighted by atomic mass is 11.4. The maximum Gasteiger partial charge on any atom is 0.360 e. The maximum atomic E-state index is 9.76. The molecule has 0 aliphatic heterocycles. The van der Waals surface area contributed by atoms with Crippen LogP contribution in [-0.2, 0) is 4.46 Å². The lowest BCUT2D eigenvalue weighted by Crippen LogP contribution is -1.80. The summed E-state index contributed by atoms with van der Waals surface area (Å²) < 4.78 is 9.76. The minimum atomic E-state index is -1.60. The average Bonchev–Trinajstić information content (AvgIpc) is 1.38. The first-order chi connectivity index (χ1) is 2.27. The molecule has 0 aromatic carbocycles. The highest BCUT2D eigenvalue weighted by Crippen LogP contribution is 1.50. The molecular weight excluding hydrogens is 80.1 g/mol. The molecule has 0 saturated heterocycles. The Morgan fingerprint density at radius 1 is 2.00 bits per heavy atom. The van der Waals surface area contributed by atoms with E-state index in [0.29, 0.717) is 0 Å². The van der Waals surface area contributed by atoms with Gasteiger partial charge in [-0.25, -0.2) is 0 Å². The van der Waals surface area contributed by atoms with Crippen molar-refractivity contribution in [2.24, 2.45) is 0 Å². The van der Waals surface area contributed by atoms with Crippen molar-refractivity contribution in [1.82, 2.24) is 0 Å². The first kappa shape index (κ1) is 4.58. The van der Waals surface area contributed by atoms with Gasteiger partial charge in [-0.05, 0) is 6.55 Å². The molecule has 0 aliphatic carbocycles. The van der Waals surface area contributed by atoms with Gasteiger partial charge in [0.25, 0.3) is 0 Å². The molecule has 0 aromatic heterocycles. The van der Waals surface area contributed by atoms with Crippen LogP contribution in [-0.4, -0.2) is 8.68 Å². The van der Waals surface area contributed by atoms with E-state index in [1.807, 2.05) is 0 Å². The molecular formula is C3H4OSi. The predicted octanol–water partition coefficient (Wildman–Crippen LogP) is 0.211. The largest absolute Gasteiger partial charge is 0.372 e. The van der Waals surface area contributed by atoms with E-state index in [9.17, 15) is 4.46 Å². The van der Waals surface area contributed by atoms with Gasteiger partial charge in [-0.15, -0.1) is 6.42 Å². The second-order valence-corrected chi connectivity index (χ2v) is 2.10. The normalized spacial score (nSPS) is 5.60. The van der Waals surface area contributed by atoms with Crippen LogP contribution in [0.2, 0.25) is 6.55 Å². The molecule has 0 rings (SSSR count). The standard InChI is InChI=1S/C3H4OSi/c1-3-5(2)4/h1H,2H3. The Labute approximate surface area is 32.7 Å². The molecule has 0 atom stereocenters. The number of hydrogen-bond acceptors (Lipinski definition) is 1. The van der Waals surface area contributed by atoms with Gasteiger partial charge in [0.1, 0.15) is 0 Å². The predicted molar refractivity (Wildman–Crippen MR) is 21.1 cm³/mol. The van der Waals surface area contributed by atoms with Gasteiger partial charge in [0.15, 0.2) is 0 Å². The zero-order valence-corrected chi connectivity index (χ0v) is 3.99. The highest BCUT2D eigenvalue weighted by molar-refractivity contribution is 6.50. The van der Waals surface area contributed by atoms with E-state index in [0.717, 1.165) is 0 Å². The number of hydrogen-bond donors (Lipinski definition) is 0. The van der Waals surface area contributed by atoms with Crippen molar-refractivity contribution in [3.05, 3.63) is 0 Å². The van der Waals surface area contributed by atoms with E-state index in [1.165, 1.54) is 6.55 Å². The van der Waals surface area contributed by atoms with Gasteiger partial charge in [0.05, 0.1) is 0 Å². The summed E-state index contributed by atoms with van der Waals surface area (Å²) >= 11 is 0. The third-order valence-corrected chi connectivity index (χ3v) is 0.610. The Morgan fingerprint density at radius 2 is 2.20 bits per heavy atom. The van der Waals surface area contributed by atoms with Crippen LogP contribution in [0, 0.1) is 12.0 Å². The topological polar surface area (TPSA) is 17.1 Å². The summed E-state index contributed by atoms with van der Waals surface area (Å²) in [4.78, 5) is 0. The van der Waals surface area contributed by atoms with Crippen LogP contribution in [0.1, 0.15) is 0 Å². The zero-order valence-electron chi connectivity index (χ0n) is 2.99. The van der Waals surface area contributed by atoms with Crippen LogP contribution < -0.4 is 0 Å². The quantitative estimate of drug-likeness (QED) is 0.303. The van der Waals surface area contributed by atoms with E-state index in [-0.39, 0.29) is 0 Å². The van der Waals surface area contributed by atoms with Crippen molar-refractivity contribution in [3.63, 3.8) is 0 Å². The molecule has 0 unspecified atom stereocenters. The minimum absolute atomic E-state index is 1.53. The zero-order chi connectivity index (χ0) is 4.28. The molecule has 0 spiro atoms. The summed E-state index contributed by atoms with van der Waals surface area (Å²) in [6, 6.07) is 0. The van der Waals surface area contributed by atoms with E-state index >= 15 is 0 Å². The first-order valence-electron chi connectivity index (χ1n) is 1.24. The van der Waals surface area contributed by atoms with Crippen molar-refractivity contribution in [2.75, 3.05) is 0 Å². The average molecular weight is 84.1 g/mol. The van der Waals surface area contributed by atoms with Crippen LogP contribution >= 0.6 is 0 Å². The van der Waals surface area contributed by atoms with Crippen LogP contribution in [0.15, 0.2) is 0 Å². The second kappa shape index (κ2) is 1.86. The van der Waals surface area contributed by atoms with Gasteiger partial charge < -0.3 is 4.46 Å². The Bertz CT molecular complexity index is 79.4. The van der Waals surface area contributed by atoms with Gasteiger partial charge in [-0.3, -0.25) is 0 Å². The van der Waals surface area contributed by atoms with Crippen LogP contribution in [0.4, 0.5) is 0 Å². The summed E-state index contributed by atoms with van der Waals surface area (Å²) in [6.45, 7) is 1.53. The maximum absolute atomic E-state index is 9.76. The van der Waals surface area contributed by atoms with Crippen LogP contribution in [0.5, 0.6) is 0 Å². The van der Waals surface area contributed by atoms with Crippen LogP contribution in [0.25, 0.3) is 0 Å². The third-order valence-electron chi connectivity index (χ3n) is 0.203. The fraction of sp³-hybridized carbons (Fsp3) is 0.333. The summed E-state index contributed by atoms with van der Waals surface area (Å²) in [6.07, 6.45) is 4.65. The van der Waals surface area contributed by atoms with Crippen molar-refractivity contribution >= 4 is 8.68 Å². The lowest BCUT2D eigenvalue weighted by Gasteiger charge is -1.53. The SMILES string of the molecule is C#C[Si](C)=O. The molecule has 0 aliphatic rings. The third kappa shape index (κ3) is 3.58. The van der Waals surface area contributed by atoms with Crippen LogP contribution in [0.3, 0.4) is 0 Å². The van der Waals surface area contributed by atoms with Crippen molar-refractivity contribution in [1.29, 1.82) is 0 Å². The second-order valence-electron chi connectivity index (χ2n) is 0.701. The molecule has 0 amide bonds. The molecule has 0 aromatic rings. The number of rotatable bonds is 0. The molecule has 0 bridgehead atoms. The van der Waals surface area contributed by atoms with E-state index in [2.05, 4.69) is 12.0 Å². The van der Waals surface area contributed by atoms with Crippen molar-refractivity contribution < 1.29 is 4.46 Å². The van der Waals surface area contributed by atoms with Gasteiger partial charge in [0.2, 0.25) is 0 Å². The molecule has 1 nitrogen and oxygen atoms in total. The van der Waals surface area contributed by atoms with Gasteiger partial charge >= 0.3 is 8.68 Å². The molecule has 0 radical (unpaired) electrons.